The summed E-state index contributed by atoms with van der Waals surface area (Å²) in [6.07, 6.45) is 0. The van der Waals surface area contributed by atoms with Crippen LogP contribution in [0, 0.1) is 0 Å². The second kappa shape index (κ2) is 36.8. The van der Waals surface area contributed by atoms with Crippen molar-refractivity contribution in [1.29, 1.82) is 0 Å². The lowest BCUT2D eigenvalue weighted by molar-refractivity contribution is 0.659. The van der Waals surface area contributed by atoms with Crippen molar-refractivity contribution in [3.8, 4) is 168 Å². The normalized spacial score (nSPS) is 11.2. The Morgan fingerprint density at radius 3 is 0.763 bits per heavy atom. The third-order valence-corrected chi connectivity index (χ3v) is 24.9. The average Bonchev–Trinajstić information content (AvgIpc) is 0.764. The van der Waals surface area contributed by atoms with Gasteiger partial charge in [0.2, 0.25) is 16.3 Å². The highest BCUT2D eigenvalue weighted by Crippen LogP contribution is 2.45. The number of hydrogen-bond donors (Lipinski definition) is 0. The molecule has 0 spiro atoms. The molecule has 9 nitrogen and oxygen atoms in total. The number of fused-ring (bicyclic) bond motifs is 6. The molecule has 6 heterocycles. The van der Waals surface area contributed by atoms with Crippen LogP contribution in [0.2, 0.25) is 0 Å². The lowest BCUT2D eigenvalue weighted by Crippen LogP contribution is -2.02. The number of benzene rings is 18. The lowest BCUT2D eigenvalue weighted by Gasteiger charge is -2.16. The minimum atomic E-state index is -0.0260. The maximum absolute atomic E-state index is 13.5. The first-order valence-electron chi connectivity index (χ1n) is 45.0. The van der Waals surface area contributed by atoms with E-state index >= 15 is 0 Å². The van der Waals surface area contributed by atoms with Gasteiger partial charge in [0.25, 0.3) is 0 Å². The van der Waals surface area contributed by atoms with Gasteiger partial charge in [0.1, 0.15) is 33.5 Å². The smallest absolute Gasteiger partial charge is 0.200 e. The molecule has 0 bridgehead atoms. The maximum atomic E-state index is 13.5. The molecule has 0 radical (unpaired) electrons. The zero-order chi connectivity index (χ0) is 90.5. The van der Waals surface area contributed by atoms with E-state index in [1.165, 1.54) is 0 Å². The minimum absolute atomic E-state index is 0.00988. The Hall–Kier alpha value is -18.2. The van der Waals surface area contributed by atoms with Gasteiger partial charge in [-0.15, -0.1) is 0 Å². The summed E-state index contributed by atoms with van der Waals surface area (Å²) in [7, 11) is 0. The molecule has 18 aromatic carbocycles. The van der Waals surface area contributed by atoms with E-state index < -0.39 is 0 Å². The fourth-order valence-electron chi connectivity index (χ4n) is 18.2. The number of nitrogens with zero attached hydrogens (tertiary/aromatic N) is 3. The van der Waals surface area contributed by atoms with E-state index in [1.807, 2.05) is 212 Å². The van der Waals surface area contributed by atoms with E-state index in [4.69, 9.17) is 28.2 Å². The molecule has 24 aromatic rings. The Kier molecular flexibility index (Phi) is 22.5. The van der Waals surface area contributed by atoms with Crippen molar-refractivity contribution in [3.05, 3.63) is 522 Å². The van der Waals surface area contributed by atoms with Crippen LogP contribution in [0.5, 0.6) is 0 Å². The van der Waals surface area contributed by atoms with Gasteiger partial charge in [-0.05, 0) is 221 Å². The topological polar surface area (TPSA) is 129 Å². The van der Waals surface area contributed by atoms with Crippen LogP contribution in [0.1, 0.15) is 0 Å². The molecule has 0 aliphatic heterocycles. The molecule has 9 heteroatoms. The molecule has 0 unspecified atom stereocenters. The first-order chi connectivity index (χ1) is 66.6. The third kappa shape index (κ3) is 16.9. The fourth-order valence-corrected chi connectivity index (χ4v) is 18.2. The number of pyridine rings is 3. The number of para-hydroxylation sites is 3. The van der Waals surface area contributed by atoms with Crippen LogP contribution >= 0.6 is 0 Å². The fraction of sp³-hybridized carbons (Fsp3) is 0. The first kappa shape index (κ1) is 82.5. The van der Waals surface area contributed by atoms with Gasteiger partial charge in [-0.1, -0.05) is 370 Å². The molecule has 0 aliphatic carbocycles. The van der Waals surface area contributed by atoms with Gasteiger partial charge in [-0.25, -0.2) is 15.0 Å². The second-order valence-corrected chi connectivity index (χ2v) is 33.3. The third-order valence-electron chi connectivity index (χ3n) is 24.9. The summed E-state index contributed by atoms with van der Waals surface area (Å²) < 4.78 is 18.5. The standard InChI is InChI=1S/3C42H27NO2/c44-42-36-19-7-8-20-40(36)45-41-27-33(21-22-37(41)42)31-16-9-15-30(23-31)32-17-10-18-34(24-32)39-26-35(28-11-3-1-4-12-28)25-38(43-39)29-13-5-2-6-14-29;44-42-36-21-11-12-22-40(36)45-41-27-30(23-24-37(41)42)32-17-7-8-18-33(32)34-19-9-10-20-35(34)39-26-31(28-13-3-1-4-14-28)25-38(43-39)29-15-5-2-6-16-29;44-42-36-21-11-12-22-40(36)45-41-24-23-30(25-37(41)42)32-17-7-8-18-33(32)34-19-9-10-20-35(34)39-27-31(28-13-3-1-4-14-28)26-38(43-39)29-15-5-2-6-16-29/h3*1-27H. The molecule has 0 aliphatic rings. The molecule has 0 saturated carbocycles. The van der Waals surface area contributed by atoms with Crippen molar-refractivity contribution < 1.29 is 13.3 Å². The number of aromatic nitrogens is 3. The molecule has 24 rings (SSSR count). The molecule has 0 fully saturated rings. The number of rotatable bonds is 15. The monoisotopic (exact) mass is 1730 g/mol. The van der Waals surface area contributed by atoms with E-state index in [-0.39, 0.29) is 16.3 Å². The van der Waals surface area contributed by atoms with Crippen LogP contribution in [0.25, 0.3) is 234 Å². The SMILES string of the molecule is O=c1c2ccccc2oc2cc(-c3cccc(-c4cccc(-c5cc(-c6ccccc6)cc(-c6ccccc6)n5)c4)c3)ccc12.O=c1c2ccccc2oc2cc(-c3ccccc3-c3ccccc3-c3cc(-c4ccccc4)cc(-c4ccccc4)n3)ccc12.O=c1c2ccccc2oc2ccc(-c3ccccc3-c3ccccc3-c3cc(-c4ccccc4)cc(-c4ccccc4)n3)cc12. The minimum Gasteiger partial charge on any atom is -0.456 e. The second-order valence-electron chi connectivity index (χ2n) is 33.3. The highest BCUT2D eigenvalue weighted by molar-refractivity contribution is 6.00. The molecule has 6 aromatic heterocycles. The van der Waals surface area contributed by atoms with Gasteiger partial charge in [0.15, 0.2) is 0 Å². The Labute approximate surface area is 778 Å². The van der Waals surface area contributed by atoms with Gasteiger partial charge < -0.3 is 13.3 Å². The Bertz CT molecular complexity index is 8630. The van der Waals surface area contributed by atoms with Gasteiger partial charge in [0, 0.05) is 33.4 Å². The summed E-state index contributed by atoms with van der Waals surface area (Å²) >= 11 is 0. The predicted octanol–water partition coefficient (Wildman–Crippen LogP) is 32.0. The van der Waals surface area contributed by atoms with Crippen molar-refractivity contribution in [2.45, 2.75) is 0 Å². The lowest BCUT2D eigenvalue weighted by atomic mass is 9.89. The molecule has 0 atom stereocenters. The average molecular weight is 1730 g/mol. The van der Waals surface area contributed by atoms with Crippen molar-refractivity contribution in [2.75, 3.05) is 0 Å². The summed E-state index contributed by atoms with van der Waals surface area (Å²) in [5, 5.41) is 3.50. The van der Waals surface area contributed by atoms with Gasteiger partial charge in [-0.2, -0.15) is 0 Å². The van der Waals surface area contributed by atoms with Crippen LogP contribution in [0.4, 0.5) is 0 Å². The van der Waals surface area contributed by atoms with Crippen LogP contribution in [-0.4, -0.2) is 15.0 Å². The van der Waals surface area contributed by atoms with E-state index in [9.17, 15) is 14.4 Å². The van der Waals surface area contributed by atoms with Gasteiger partial charge >= 0.3 is 0 Å². The molecule has 0 N–H and O–H groups in total. The van der Waals surface area contributed by atoms with E-state index in [1.54, 1.807) is 0 Å². The van der Waals surface area contributed by atoms with Crippen LogP contribution in [0.15, 0.2) is 519 Å². The summed E-state index contributed by atoms with van der Waals surface area (Å²) in [5.41, 5.74) is 34.6. The zero-order valence-corrected chi connectivity index (χ0v) is 73.1. The summed E-state index contributed by atoms with van der Waals surface area (Å²) in [6, 6.07) is 166. The molecule has 0 amide bonds. The zero-order valence-electron chi connectivity index (χ0n) is 73.1. The maximum Gasteiger partial charge on any atom is 0.200 e. The summed E-state index contributed by atoms with van der Waals surface area (Å²) in [6.45, 7) is 0. The molecular formula is C126H81N3O6. The van der Waals surface area contributed by atoms with E-state index in [0.29, 0.717) is 65.8 Å². The van der Waals surface area contributed by atoms with Crippen molar-refractivity contribution in [1.82, 2.24) is 15.0 Å². The molecule has 636 valence electrons. The Morgan fingerprint density at radius 2 is 0.363 bits per heavy atom. The van der Waals surface area contributed by atoms with Crippen LogP contribution in [-0.2, 0) is 0 Å². The molecule has 135 heavy (non-hydrogen) atoms. The number of hydrogen-bond acceptors (Lipinski definition) is 9. The Morgan fingerprint density at radius 1 is 0.126 bits per heavy atom. The van der Waals surface area contributed by atoms with E-state index in [0.717, 1.165) is 168 Å². The summed E-state index contributed by atoms with van der Waals surface area (Å²) in [5.74, 6) is 0. The van der Waals surface area contributed by atoms with Crippen molar-refractivity contribution in [2.24, 2.45) is 0 Å². The van der Waals surface area contributed by atoms with Crippen LogP contribution in [0.3, 0.4) is 0 Å². The first-order valence-corrected chi connectivity index (χ1v) is 45.0. The van der Waals surface area contributed by atoms with Gasteiger partial charge in [-0.3, -0.25) is 14.4 Å². The summed E-state index contributed by atoms with van der Waals surface area (Å²) in [4.78, 5) is 55.3. The predicted molar refractivity (Wildman–Crippen MR) is 555 cm³/mol. The quantitative estimate of drug-likeness (QED) is 0.0921. The molecular weight excluding hydrogens is 1650 g/mol. The Balaban J connectivity index is 0.000000118. The molecule has 0 saturated heterocycles. The van der Waals surface area contributed by atoms with E-state index in [2.05, 4.69) is 279 Å². The highest BCUT2D eigenvalue weighted by atomic mass is 16.3. The van der Waals surface area contributed by atoms with Crippen LogP contribution < -0.4 is 16.3 Å². The highest BCUT2D eigenvalue weighted by Gasteiger charge is 2.22. The largest absolute Gasteiger partial charge is 0.456 e. The van der Waals surface area contributed by atoms with Crippen molar-refractivity contribution >= 4 is 65.8 Å². The van der Waals surface area contributed by atoms with Crippen molar-refractivity contribution in [3.63, 3.8) is 0 Å². The van der Waals surface area contributed by atoms with Gasteiger partial charge in [0.05, 0.1) is 66.5 Å².